The van der Waals surface area contributed by atoms with Crippen LogP contribution in [0.2, 0.25) is 0 Å². The van der Waals surface area contributed by atoms with Crippen LogP contribution in [0.4, 0.5) is 0 Å². The molecule has 4 rings (SSSR count). The number of aliphatic hydroxyl groups is 1. The summed E-state index contributed by atoms with van der Waals surface area (Å²) in [6.07, 6.45) is 3.55. The number of nitrogens with zero attached hydrogens (tertiary/aromatic N) is 1. The van der Waals surface area contributed by atoms with Crippen molar-refractivity contribution in [2.45, 2.75) is 70.9 Å². The number of phenols is 1. The number of aromatic hydroxyl groups is 1. The van der Waals surface area contributed by atoms with Gasteiger partial charge in [0.2, 0.25) is 0 Å². The van der Waals surface area contributed by atoms with Gasteiger partial charge in [-0.3, -0.25) is 4.90 Å². The molecule has 0 heterocycles. The van der Waals surface area contributed by atoms with Crippen LogP contribution in [0.5, 0.6) is 11.5 Å². The molecule has 0 aliphatic heterocycles. The van der Waals surface area contributed by atoms with Gasteiger partial charge >= 0.3 is 0 Å². The molecule has 1 aliphatic rings. The molecule has 0 radical (unpaired) electrons. The number of benzene rings is 3. The lowest BCUT2D eigenvalue weighted by molar-refractivity contribution is 0.0661. The molecule has 3 aromatic rings. The Balaban J connectivity index is 1.71. The lowest BCUT2D eigenvalue weighted by Crippen LogP contribution is -2.38. The van der Waals surface area contributed by atoms with E-state index in [1.54, 1.807) is 6.07 Å². The van der Waals surface area contributed by atoms with Gasteiger partial charge in [-0.2, -0.15) is 0 Å². The first-order valence-corrected chi connectivity index (χ1v) is 11.4. The van der Waals surface area contributed by atoms with Gasteiger partial charge in [0.1, 0.15) is 11.5 Å². The average molecular weight is 420 g/mol. The summed E-state index contributed by atoms with van der Waals surface area (Å²) in [4.78, 5) is 2.50. The minimum atomic E-state index is -0.184. The molecule has 164 valence electrons. The number of rotatable bonds is 7. The number of hydrogen-bond donors (Lipinski definition) is 2. The third-order valence-corrected chi connectivity index (χ3v) is 6.20. The minimum absolute atomic E-state index is 0.101. The fraction of sp³-hybridized carbons (Fsp3) is 0.407. The van der Waals surface area contributed by atoms with E-state index >= 15 is 0 Å². The highest BCUT2D eigenvalue weighted by molar-refractivity contribution is 5.87. The molecule has 3 aromatic carbocycles. The Labute approximate surface area is 185 Å². The Bertz CT molecular complexity index is 1010. The normalized spacial score (nSPS) is 19.3. The van der Waals surface area contributed by atoms with E-state index in [2.05, 4.69) is 61.2 Å². The molecule has 0 aromatic heterocycles. The van der Waals surface area contributed by atoms with Gasteiger partial charge in [-0.25, -0.2) is 0 Å². The maximum absolute atomic E-state index is 10.0. The highest BCUT2D eigenvalue weighted by Crippen LogP contribution is 2.33. The fourth-order valence-corrected chi connectivity index (χ4v) is 4.67. The number of fused-ring (bicyclic) bond motifs is 1. The molecule has 4 heteroatoms. The molecule has 2 N–H and O–H groups in total. The second-order valence-corrected chi connectivity index (χ2v) is 8.97. The fourth-order valence-electron chi connectivity index (χ4n) is 4.67. The van der Waals surface area contributed by atoms with E-state index in [0.717, 1.165) is 50.1 Å². The van der Waals surface area contributed by atoms with Crippen LogP contribution in [0.3, 0.4) is 0 Å². The third kappa shape index (κ3) is 5.38. The first-order valence-electron chi connectivity index (χ1n) is 11.4. The minimum Gasteiger partial charge on any atom is -0.508 e. The van der Waals surface area contributed by atoms with Gasteiger partial charge in [0.05, 0.1) is 12.2 Å². The largest absolute Gasteiger partial charge is 0.508 e. The molecule has 31 heavy (non-hydrogen) atoms. The topological polar surface area (TPSA) is 52.9 Å². The molecule has 1 saturated carbocycles. The van der Waals surface area contributed by atoms with Crippen molar-refractivity contribution in [2.24, 2.45) is 0 Å². The van der Waals surface area contributed by atoms with E-state index in [-0.39, 0.29) is 12.2 Å². The first-order chi connectivity index (χ1) is 15.0. The zero-order valence-corrected chi connectivity index (χ0v) is 18.5. The molecule has 0 spiro atoms. The van der Waals surface area contributed by atoms with Crippen molar-refractivity contribution in [3.8, 4) is 11.5 Å². The third-order valence-electron chi connectivity index (χ3n) is 6.20. The Morgan fingerprint density at radius 1 is 0.935 bits per heavy atom. The lowest BCUT2D eigenvalue weighted by Gasteiger charge is -2.36. The van der Waals surface area contributed by atoms with Crippen LogP contribution in [0, 0.1) is 0 Å². The number of phenolic OH excluding ortho intramolecular Hbond substituents is 1. The Morgan fingerprint density at radius 3 is 2.45 bits per heavy atom. The summed E-state index contributed by atoms with van der Waals surface area (Å²) in [6, 6.07) is 20.6. The van der Waals surface area contributed by atoms with Crippen LogP contribution < -0.4 is 4.74 Å². The second kappa shape index (κ2) is 9.71. The molecule has 0 unspecified atom stereocenters. The van der Waals surface area contributed by atoms with E-state index in [1.807, 2.05) is 12.1 Å². The maximum Gasteiger partial charge on any atom is 0.124 e. The van der Waals surface area contributed by atoms with Crippen LogP contribution in [-0.4, -0.2) is 33.4 Å². The molecular formula is C27H33NO3. The number of hydrogen-bond acceptors (Lipinski definition) is 4. The van der Waals surface area contributed by atoms with Gasteiger partial charge in [-0.1, -0.05) is 42.5 Å². The van der Waals surface area contributed by atoms with Crippen molar-refractivity contribution in [2.75, 3.05) is 0 Å². The van der Waals surface area contributed by atoms with Crippen LogP contribution in [0.1, 0.15) is 50.7 Å². The molecular weight excluding hydrogens is 386 g/mol. The van der Waals surface area contributed by atoms with Crippen molar-refractivity contribution in [3.05, 3.63) is 71.8 Å². The smallest absolute Gasteiger partial charge is 0.124 e. The monoisotopic (exact) mass is 419 g/mol. The van der Waals surface area contributed by atoms with Crippen molar-refractivity contribution in [3.63, 3.8) is 0 Å². The highest BCUT2D eigenvalue weighted by Gasteiger charge is 2.26. The predicted octanol–water partition coefficient (Wildman–Crippen LogP) is 5.64. The van der Waals surface area contributed by atoms with Crippen molar-refractivity contribution in [1.82, 2.24) is 4.90 Å². The molecule has 4 nitrogen and oxygen atoms in total. The SMILES string of the molecule is CC(C)Oc1ccc2ccccc2c1CN(Cc1cccc(O)c1)C1CCC(O)CC1. The standard InChI is InChI=1S/C27H33NO3/c1-19(2)31-27-15-10-21-7-3-4-9-25(21)26(27)18-28(22-11-13-23(29)14-12-22)17-20-6-5-8-24(30)16-20/h3-10,15-16,19,22-23,29-30H,11-14,17-18H2,1-2H3. The van der Waals surface area contributed by atoms with E-state index in [9.17, 15) is 10.2 Å². The van der Waals surface area contributed by atoms with Crippen molar-refractivity contribution >= 4 is 10.8 Å². The Hall–Kier alpha value is -2.56. The van der Waals surface area contributed by atoms with E-state index < -0.39 is 0 Å². The van der Waals surface area contributed by atoms with E-state index in [0.29, 0.717) is 11.8 Å². The summed E-state index contributed by atoms with van der Waals surface area (Å²) < 4.78 is 6.22. The van der Waals surface area contributed by atoms with Crippen LogP contribution >= 0.6 is 0 Å². The quantitative estimate of drug-likeness (QED) is 0.520. The van der Waals surface area contributed by atoms with Gasteiger partial charge in [-0.05, 0) is 74.1 Å². The summed E-state index contributed by atoms with van der Waals surface area (Å²) in [5.41, 5.74) is 2.30. The zero-order valence-electron chi connectivity index (χ0n) is 18.5. The number of aliphatic hydroxyl groups excluding tert-OH is 1. The van der Waals surface area contributed by atoms with Gasteiger partial charge in [0.25, 0.3) is 0 Å². The molecule has 0 bridgehead atoms. The van der Waals surface area contributed by atoms with Gasteiger partial charge < -0.3 is 14.9 Å². The van der Waals surface area contributed by atoms with Gasteiger partial charge in [0.15, 0.2) is 0 Å². The summed E-state index contributed by atoms with van der Waals surface area (Å²) in [5, 5.41) is 22.4. The van der Waals surface area contributed by atoms with Crippen LogP contribution in [0.25, 0.3) is 10.8 Å². The molecule has 1 fully saturated rings. The van der Waals surface area contributed by atoms with Gasteiger partial charge in [0, 0.05) is 24.7 Å². The van der Waals surface area contributed by atoms with Crippen LogP contribution in [-0.2, 0) is 13.1 Å². The Kier molecular flexibility index (Phi) is 6.79. The lowest BCUT2D eigenvalue weighted by atomic mass is 9.91. The molecule has 0 saturated heterocycles. The maximum atomic E-state index is 10.0. The van der Waals surface area contributed by atoms with Gasteiger partial charge in [-0.15, -0.1) is 0 Å². The summed E-state index contributed by atoms with van der Waals surface area (Å²) in [7, 11) is 0. The van der Waals surface area contributed by atoms with Crippen molar-refractivity contribution in [1.29, 1.82) is 0 Å². The first kappa shape index (κ1) is 21.7. The zero-order chi connectivity index (χ0) is 21.8. The molecule has 0 amide bonds. The summed E-state index contributed by atoms with van der Waals surface area (Å²) in [6.45, 7) is 5.64. The summed E-state index contributed by atoms with van der Waals surface area (Å²) in [5.74, 6) is 1.23. The molecule has 0 atom stereocenters. The number of ether oxygens (including phenoxy) is 1. The van der Waals surface area contributed by atoms with E-state index in [1.165, 1.54) is 16.3 Å². The van der Waals surface area contributed by atoms with E-state index in [4.69, 9.17) is 4.74 Å². The van der Waals surface area contributed by atoms with Crippen molar-refractivity contribution < 1.29 is 14.9 Å². The predicted molar refractivity (Wildman–Crippen MR) is 125 cm³/mol. The second-order valence-electron chi connectivity index (χ2n) is 8.97. The van der Waals surface area contributed by atoms with Crippen LogP contribution in [0.15, 0.2) is 60.7 Å². The average Bonchev–Trinajstić information content (AvgIpc) is 2.75. The Morgan fingerprint density at radius 2 is 1.71 bits per heavy atom. The highest BCUT2D eigenvalue weighted by atomic mass is 16.5. The summed E-state index contributed by atoms with van der Waals surface area (Å²) >= 11 is 0. The molecule has 1 aliphatic carbocycles.